The fourth-order valence-corrected chi connectivity index (χ4v) is 2.23. The van der Waals surface area contributed by atoms with Crippen LogP contribution in [-0.2, 0) is 4.79 Å². The molecule has 22 heavy (non-hydrogen) atoms. The molecule has 0 aromatic heterocycles. The van der Waals surface area contributed by atoms with Crippen molar-refractivity contribution in [2.24, 2.45) is 0 Å². The molecule has 0 unspecified atom stereocenters. The lowest BCUT2D eigenvalue weighted by atomic mass is 10.2. The molecule has 0 spiro atoms. The summed E-state index contributed by atoms with van der Waals surface area (Å²) in [5.74, 6) is -0.279. The van der Waals surface area contributed by atoms with Gasteiger partial charge in [-0.3, -0.25) is 4.79 Å². The quantitative estimate of drug-likeness (QED) is 0.880. The zero-order chi connectivity index (χ0) is 16.1. The molecule has 0 saturated carbocycles. The minimum atomic E-state index is -0.279. The molecule has 112 valence electrons. The van der Waals surface area contributed by atoms with Crippen molar-refractivity contribution in [3.05, 3.63) is 57.6 Å². The molecule has 2 rings (SSSR count). The Morgan fingerprint density at radius 2 is 2.00 bits per heavy atom. The van der Waals surface area contributed by atoms with Crippen molar-refractivity contribution in [3.63, 3.8) is 0 Å². The Bertz CT molecular complexity index is 754. The first-order chi connectivity index (χ1) is 10.5. The van der Waals surface area contributed by atoms with Gasteiger partial charge in [0.25, 0.3) is 0 Å². The minimum absolute atomic E-state index is 0.0541. The zero-order valence-corrected chi connectivity index (χ0v) is 13.3. The van der Waals surface area contributed by atoms with Crippen molar-refractivity contribution in [1.82, 2.24) is 0 Å². The molecule has 0 aliphatic heterocycles. The summed E-state index contributed by atoms with van der Waals surface area (Å²) in [6.07, 6.45) is 0. The van der Waals surface area contributed by atoms with Crippen LogP contribution in [0.25, 0.3) is 0 Å². The zero-order valence-electron chi connectivity index (χ0n) is 11.8. The van der Waals surface area contributed by atoms with E-state index in [4.69, 9.17) is 28.5 Å². The fraction of sp³-hybridized carbons (Fsp3) is 0.125. The molecule has 0 radical (unpaired) electrons. The number of benzene rings is 2. The van der Waals surface area contributed by atoms with E-state index in [1.165, 1.54) is 0 Å². The number of nitrogens with one attached hydrogen (secondary N) is 2. The van der Waals surface area contributed by atoms with E-state index in [9.17, 15) is 4.79 Å². The lowest BCUT2D eigenvalue weighted by Crippen LogP contribution is -2.22. The molecule has 1 amide bonds. The number of hydrogen-bond acceptors (Lipinski definition) is 3. The van der Waals surface area contributed by atoms with E-state index in [1.807, 2.05) is 19.1 Å². The fourth-order valence-electron chi connectivity index (χ4n) is 1.89. The third kappa shape index (κ3) is 3.91. The normalized spacial score (nSPS) is 9.91. The number of nitrogens with zero attached hydrogens (tertiary/aromatic N) is 1. The summed E-state index contributed by atoms with van der Waals surface area (Å²) in [6.45, 7) is 1.92. The number of hydrogen-bond donors (Lipinski definition) is 2. The first-order valence-electron chi connectivity index (χ1n) is 6.49. The van der Waals surface area contributed by atoms with E-state index in [-0.39, 0.29) is 12.5 Å². The van der Waals surface area contributed by atoms with Crippen molar-refractivity contribution in [1.29, 1.82) is 5.26 Å². The van der Waals surface area contributed by atoms with Gasteiger partial charge in [0.05, 0.1) is 17.8 Å². The maximum Gasteiger partial charge on any atom is 0.243 e. The molecule has 2 aromatic carbocycles. The summed E-state index contributed by atoms with van der Waals surface area (Å²) in [5, 5.41) is 15.8. The molecule has 2 N–H and O–H groups in total. The molecule has 0 aliphatic carbocycles. The highest BCUT2D eigenvalue weighted by Crippen LogP contribution is 2.23. The van der Waals surface area contributed by atoms with Crippen molar-refractivity contribution >= 4 is 40.5 Å². The molecule has 0 saturated heterocycles. The van der Waals surface area contributed by atoms with Crippen LogP contribution in [0.1, 0.15) is 11.1 Å². The van der Waals surface area contributed by atoms with E-state index in [2.05, 4.69) is 10.6 Å². The number of nitriles is 1. The first kappa shape index (κ1) is 16.2. The van der Waals surface area contributed by atoms with Crippen LogP contribution in [0.2, 0.25) is 10.0 Å². The highest BCUT2D eigenvalue weighted by atomic mass is 35.5. The molecule has 0 fully saturated rings. The Balaban J connectivity index is 2.04. The largest absolute Gasteiger partial charge is 0.376 e. The van der Waals surface area contributed by atoms with Crippen LogP contribution in [0.15, 0.2) is 36.4 Å². The third-order valence-corrected chi connectivity index (χ3v) is 3.73. The summed E-state index contributed by atoms with van der Waals surface area (Å²) in [4.78, 5) is 12.0. The second-order valence-electron chi connectivity index (χ2n) is 4.62. The molecule has 0 atom stereocenters. The lowest BCUT2D eigenvalue weighted by Gasteiger charge is -2.11. The summed E-state index contributed by atoms with van der Waals surface area (Å²) >= 11 is 11.9. The number of halogens is 2. The van der Waals surface area contributed by atoms with Gasteiger partial charge in [0.15, 0.2) is 0 Å². The maximum atomic E-state index is 12.0. The van der Waals surface area contributed by atoms with Crippen LogP contribution in [0.4, 0.5) is 11.4 Å². The predicted octanol–water partition coefficient (Wildman–Crippen LogP) is 4.22. The Morgan fingerprint density at radius 1 is 1.23 bits per heavy atom. The molecule has 0 bridgehead atoms. The van der Waals surface area contributed by atoms with Crippen molar-refractivity contribution < 1.29 is 4.79 Å². The van der Waals surface area contributed by atoms with E-state index in [0.717, 1.165) is 11.3 Å². The molecule has 6 heteroatoms. The second-order valence-corrected chi connectivity index (χ2v) is 5.46. The molecule has 0 heterocycles. The number of carbonyl (C=O) groups excluding carboxylic acids is 1. The van der Waals surface area contributed by atoms with Gasteiger partial charge in [-0.15, -0.1) is 0 Å². The van der Waals surface area contributed by atoms with Gasteiger partial charge >= 0.3 is 0 Å². The number of anilines is 2. The van der Waals surface area contributed by atoms with Crippen LogP contribution >= 0.6 is 23.2 Å². The standard InChI is InChI=1S/C16H13Cl2N3O/c1-10-13(18)3-2-4-14(10)20-9-16(22)21-15-7-12(17)6-5-11(15)8-19/h2-7,20H,9H2,1H3,(H,21,22). The Morgan fingerprint density at radius 3 is 2.73 bits per heavy atom. The molecular formula is C16H13Cl2N3O. The van der Waals surface area contributed by atoms with Crippen LogP contribution in [0.3, 0.4) is 0 Å². The first-order valence-corrected chi connectivity index (χ1v) is 7.25. The summed E-state index contributed by atoms with van der Waals surface area (Å²) in [5.41, 5.74) is 2.41. The van der Waals surface area contributed by atoms with E-state index in [0.29, 0.717) is 21.3 Å². The van der Waals surface area contributed by atoms with Gasteiger partial charge in [-0.1, -0.05) is 29.3 Å². The monoisotopic (exact) mass is 333 g/mol. The Kier molecular flexibility index (Phi) is 5.26. The Labute approximate surface area is 138 Å². The lowest BCUT2D eigenvalue weighted by molar-refractivity contribution is -0.114. The van der Waals surface area contributed by atoms with Gasteiger partial charge in [-0.25, -0.2) is 0 Å². The summed E-state index contributed by atoms with van der Waals surface area (Å²) in [7, 11) is 0. The predicted molar refractivity (Wildman–Crippen MR) is 89.5 cm³/mol. The number of carbonyl (C=O) groups is 1. The molecule has 0 aliphatic rings. The maximum absolute atomic E-state index is 12.0. The SMILES string of the molecule is Cc1c(Cl)cccc1NCC(=O)Nc1cc(Cl)ccc1C#N. The highest BCUT2D eigenvalue weighted by Gasteiger charge is 2.09. The van der Waals surface area contributed by atoms with Gasteiger partial charge in [0.2, 0.25) is 5.91 Å². The average Bonchev–Trinajstić information content (AvgIpc) is 2.49. The van der Waals surface area contributed by atoms with Crippen molar-refractivity contribution in [2.45, 2.75) is 6.92 Å². The number of rotatable bonds is 4. The molecular weight excluding hydrogens is 321 g/mol. The summed E-state index contributed by atoms with van der Waals surface area (Å²) < 4.78 is 0. The minimum Gasteiger partial charge on any atom is -0.376 e. The third-order valence-electron chi connectivity index (χ3n) is 3.08. The summed E-state index contributed by atoms with van der Waals surface area (Å²) in [6, 6.07) is 12.1. The van der Waals surface area contributed by atoms with E-state index in [1.54, 1.807) is 30.3 Å². The highest BCUT2D eigenvalue weighted by molar-refractivity contribution is 6.31. The van der Waals surface area contributed by atoms with Crippen LogP contribution in [0.5, 0.6) is 0 Å². The Hall–Kier alpha value is -2.22. The van der Waals surface area contributed by atoms with Crippen molar-refractivity contribution in [3.8, 4) is 6.07 Å². The van der Waals surface area contributed by atoms with E-state index < -0.39 is 0 Å². The van der Waals surface area contributed by atoms with Crippen molar-refractivity contribution in [2.75, 3.05) is 17.2 Å². The number of amides is 1. The molecule has 4 nitrogen and oxygen atoms in total. The molecule has 2 aromatic rings. The second kappa shape index (κ2) is 7.17. The van der Waals surface area contributed by atoms with Crippen LogP contribution < -0.4 is 10.6 Å². The van der Waals surface area contributed by atoms with Gasteiger partial charge in [-0.2, -0.15) is 5.26 Å². The smallest absolute Gasteiger partial charge is 0.243 e. The topological polar surface area (TPSA) is 64.9 Å². The van der Waals surface area contributed by atoms with Gasteiger partial charge < -0.3 is 10.6 Å². The van der Waals surface area contributed by atoms with Crippen LogP contribution in [-0.4, -0.2) is 12.5 Å². The van der Waals surface area contributed by atoms with Gasteiger partial charge in [0.1, 0.15) is 6.07 Å². The van der Waals surface area contributed by atoms with Gasteiger partial charge in [0, 0.05) is 15.7 Å². The average molecular weight is 334 g/mol. The van der Waals surface area contributed by atoms with Gasteiger partial charge in [-0.05, 0) is 42.8 Å². The van der Waals surface area contributed by atoms with Crippen LogP contribution in [0, 0.1) is 18.3 Å². The van der Waals surface area contributed by atoms with E-state index >= 15 is 0 Å².